The Labute approximate surface area is 115 Å². The van der Waals surface area contributed by atoms with Gasteiger partial charge in [0.25, 0.3) is 0 Å². The Bertz CT molecular complexity index is 350. The van der Waals surface area contributed by atoms with E-state index in [1.807, 2.05) is 11.8 Å². The van der Waals surface area contributed by atoms with Crippen LogP contribution in [-0.4, -0.2) is 36.6 Å². The Hall–Kier alpha value is -1.08. The number of amides is 1. The molecule has 2 fully saturated rings. The smallest absolute Gasteiger partial charge is 0.243 e. The summed E-state index contributed by atoms with van der Waals surface area (Å²) in [5, 5.41) is 9.50. The monoisotopic (exact) mass is 264 g/mol. The number of nitrogens with zero attached hydrogens (tertiary/aromatic N) is 2. The highest BCUT2D eigenvalue weighted by molar-refractivity contribution is 5.86. The topological polar surface area (TPSA) is 53.3 Å². The molecule has 1 aliphatic heterocycles. The maximum atomic E-state index is 12.8. The van der Waals surface area contributed by atoms with Crippen LogP contribution in [-0.2, 0) is 9.53 Å². The lowest BCUT2D eigenvalue weighted by molar-refractivity contribution is -0.146. The SMILES string of the molecule is CCN(C(=O)C1(C#N)CCOCC1)C1CCCCC1. The molecular weight excluding hydrogens is 240 g/mol. The van der Waals surface area contributed by atoms with E-state index in [1.165, 1.54) is 19.3 Å². The highest BCUT2D eigenvalue weighted by Gasteiger charge is 2.44. The second-order valence-electron chi connectivity index (χ2n) is 5.69. The third-order valence-electron chi connectivity index (χ3n) is 4.59. The van der Waals surface area contributed by atoms with Crippen molar-refractivity contribution in [3.63, 3.8) is 0 Å². The second-order valence-corrected chi connectivity index (χ2v) is 5.69. The molecule has 0 radical (unpaired) electrons. The Morgan fingerprint density at radius 2 is 1.95 bits per heavy atom. The van der Waals surface area contributed by atoms with Crippen molar-refractivity contribution in [1.82, 2.24) is 4.90 Å². The lowest BCUT2D eigenvalue weighted by atomic mass is 9.79. The van der Waals surface area contributed by atoms with Gasteiger partial charge in [0.1, 0.15) is 5.41 Å². The minimum absolute atomic E-state index is 0.0488. The van der Waals surface area contributed by atoms with Crippen LogP contribution in [0.3, 0.4) is 0 Å². The Morgan fingerprint density at radius 1 is 1.32 bits per heavy atom. The number of carbonyl (C=O) groups excluding carboxylic acids is 1. The molecule has 0 atom stereocenters. The lowest BCUT2D eigenvalue weighted by Gasteiger charge is -2.39. The van der Waals surface area contributed by atoms with Gasteiger partial charge in [0.05, 0.1) is 6.07 Å². The van der Waals surface area contributed by atoms with Gasteiger partial charge in [-0.2, -0.15) is 5.26 Å². The lowest BCUT2D eigenvalue weighted by Crippen LogP contribution is -2.50. The quantitative estimate of drug-likeness (QED) is 0.787. The van der Waals surface area contributed by atoms with Crippen LogP contribution in [0.2, 0.25) is 0 Å². The van der Waals surface area contributed by atoms with Crippen LogP contribution in [0.5, 0.6) is 0 Å². The van der Waals surface area contributed by atoms with E-state index in [0.29, 0.717) is 38.6 Å². The zero-order chi connectivity index (χ0) is 13.7. The van der Waals surface area contributed by atoms with E-state index < -0.39 is 5.41 Å². The minimum atomic E-state index is -0.828. The van der Waals surface area contributed by atoms with Gasteiger partial charge in [-0.3, -0.25) is 4.79 Å². The first kappa shape index (κ1) is 14.3. The van der Waals surface area contributed by atoms with Crippen LogP contribution < -0.4 is 0 Å². The molecule has 0 bridgehead atoms. The largest absolute Gasteiger partial charge is 0.381 e. The molecule has 0 aromatic carbocycles. The zero-order valence-electron chi connectivity index (χ0n) is 11.9. The number of hydrogen-bond donors (Lipinski definition) is 0. The van der Waals surface area contributed by atoms with Gasteiger partial charge in [0, 0.05) is 25.8 Å². The highest BCUT2D eigenvalue weighted by Crippen LogP contribution is 2.34. The minimum Gasteiger partial charge on any atom is -0.381 e. The molecule has 1 aliphatic carbocycles. The van der Waals surface area contributed by atoms with Crippen molar-refractivity contribution in [2.45, 2.75) is 57.9 Å². The molecule has 1 heterocycles. The van der Waals surface area contributed by atoms with Crippen molar-refractivity contribution in [3.8, 4) is 6.07 Å². The van der Waals surface area contributed by atoms with E-state index >= 15 is 0 Å². The third-order valence-corrected chi connectivity index (χ3v) is 4.59. The van der Waals surface area contributed by atoms with Crippen LogP contribution in [0, 0.1) is 16.7 Å². The maximum absolute atomic E-state index is 12.8. The number of hydrogen-bond acceptors (Lipinski definition) is 3. The molecule has 0 spiro atoms. The summed E-state index contributed by atoms with van der Waals surface area (Å²) in [6, 6.07) is 2.65. The van der Waals surface area contributed by atoms with Crippen LogP contribution in [0.15, 0.2) is 0 Å². The Kier molecular flexibility index (Phi) is 4.81. The average Bonchev–Trinajstić information content (AvgIpc) is 2.49. The van der Waals surface area contributed by atoms with Gasteiger partial charge in [0.15, 0.2) is 0 Å². The first-order valence-electron chi connectivity index (χ1n) is 7.53. The summed E-state index contributed by atoms with van der Waals surface area (Å²) in [5.41, 5.74) is -0.828. The summed E-state index contributed by atoms with van der Waals surface area (Å²) in [6.07, 6.45) is 6.97. The van der Waals surface area contributed by atoms with E-state index in [0.717, 1.165) is 12.8 Å². The highest BCUT2D eigenvalue weighted by atomic mass is 16.5. The van der Waals surface area contributed by atoms with E-state index in [2.05, 4.69) is 6.07 Å². The molecule has 2 aliphatic rings. The summed E-state index contributed by atoms with van der Waals surface area (Å²) in [4.78, 5) is 14.8. The number of carbonyl (C=O) groups is 1. The van der Waals surface area contributed by atoms with Gasteiger partial charge in [-0.1, -0.05) is 19.3 Å². The van der Waals surface area contributed by atoms with E-state index in [4.69, 9.17) is 4.74 Å². The van der Waals surface area contributed by atoms with Gasteiger partial charge in [0.2, 0.25) is 5.91 Å². The van der Waals surface area contributed by atoms with Crippen LogP contribution in [0.25, 0.3) is 0 Å². The molecular formula is C15H24N2O2. The van der Waals surface area contributed by atoms with Crippen LogP contribution in [0.4, 0.5) is 0 Å². The molecule has 4 heteroatoms. The molecule has 1 amide bonds. The van der Waals surface area contributed by atoms with E-state index in [9.17, 15) is 10.1 Å². The van der Waals surface area contributed by atoms with Gasteiger partial charge >= 0.3 is 0 Å². The molecule has 106 valence electrons. The fourth-order valence-electron chi connectivity index (χ4n) is 3.33. The molecule has 0 N–H and O–H groups in total. The predicted octanol–water partition coefficient (Wildman–Crippen LogP) is 2.49. The van der Waals surface area contributed by atoms with Crippen LogP contribution in [0.1, 0.15) is 51.9 Å². The number of rotatable bonds is 3. The predicted molar refractivity (Wildman–Crippen MR) is 72.4 cm³/mol. The zero-order valence-corrected chi connectivity index (χ0v) is 11.9. The second kappa shape index (κ2) is 6.38. The van der Waals surface area contributed by atoms with Crippen molar-refractivity contribution in [3.05, 3.63) is 0 Å². The molecule has 1 saturated heterocycles. The molecule has 2 rings (SSSR count). The fourth-order valence-corrected chi connectivity index (χ4v) is 3.33. The van der Waals surface area contributed by atoms with Crippen LogP contribution >= 0.6 is 0 Å². The van der Waals surface area contributed by atoms with E-state index in [-0.39, 0.29) is 5.91 Å². The molecule has 4 nitrogen and oxygen atoms in total. The summed E-state index contributed by atoms with van der Waals surface area (Å²) in [6.45, 7) is 3.80. The number of ether oxygens (including phenoxy) is 1. The summed E-state index contributed by atoms with van der Waals surface area (Å²) >= 11 is 0. The first-order chi connectivity index (χ1) is 9.23. The van der Waals surface area contributed by atoms with Gasteiger partial charge in [-0.05, 0) is 32.6 Å². The summed E-state index contributed by atoms with van der Waals surface area (Å²) in [5.74, 6) is 0.0488. The van der Waals surface area contributed by atoms with Gasteiger partial charge in [-0.25, -0.2) is 0 Å². The fraction of sp³-hybridized carbons (Fsp3) is 0.867. The van der Waals surface area contributed by atoms with Crippen molar-refractivity contribution in [1.29, 1.82) is 5.26 Å². The standard InChI is InChI=1S/C15H24N2O2/c1-2-17(13-6-4-3-5-7-13)14(18)15(12-16)8-10-19-11-9-15/h13H,2-11H2,1H3. The van der Waals surface area contributed by atoms with Crippen molar-refractivity contribution in [2.24, 2.45) is 5.41 Å². The molecule has 1 saturated carbocycles. The normalized spacial score (nSPS) is 23.6. The molecule has 0 aromatic rings. The summed E-state index contributed by atoms with van der Waals surface area (Å²) in [7, 11) is 0. The molecule has 0 aromatic heterocycles. The Morgan fingerprint density at radius 3 is 2.47 bits per heavy atom. The van der Waals surface area contributed by atoms with Crippen molar-refractivity contribution < 1.29 is 9.53 Å². The molecule has 19 heavy (non-hydrogen) atoms. The first-order valence-corrected chi connectivity index (χ1v) is 7.53. The van der Waals surface area contributed by atoms with Crippen molar-refractivity contribution >= 4 is 5.91 Å². The Balaban J connectivity index is 2.12. The van der Waals surface area contributed by atoms with Gasteiger partial charge in [-0.15, -0.1) is 0 Å². The molecule has 0 unspecified atom stereocenters. The summed E-state index contributed by atoms with van der Waals surface area (Å²) < 4.78 is 5.31. The average molecular weight is 264 g/mol. The number of nitriles is 1. The maximum Gasteiger partial charge on any atom is 0.243 e. The third kappa shape index (κ3) is 2.92. The van der Waals surface area contributed by atoms with Crippen molar-refractivity contribution in [2.75, 3.05) is 19.8 Å². The van der Waals surface area contributed by atoms with E-state index in [1.54, 1.807) is 0 Å². The van der Waals surface area contributed by atoms with Gasteiger partial charge < -0.3 is 9.64 Å².